The van der Waals surface area contributed by atoms with E-state index in [0.717, 1.165) is 16.9 Å². The Hall–Kier alpha value is -3.35. The van der Waals surface area contributed by atoms with Crippen LogP contribution in [0.1, 0.15) is 27.4 Å². The van der Waals surface area contributed by atoms with Crippen LogP contribution in [-0.4, -0.2) is 33.2 Å². The van der Waals surface area contributed by atoms with E-state index in [4.69, 9.17) is 4.74 Å². The molecule has 0 radical (unpaired) electrons. The quantitative estimate of drug-likeness (QED) is 0.691. The first-order valence-corrected chi connectivity index (χ1v) is 8.19. The number of ether oxygens (including phenoxy) is 1. The van der Waals surface area contributed by atoms with Crippen molar-refractivity contribution in [1.29, 1.82) is 0 Å². The molecule has 0 spiro atoms. The molecule has 26 heavy (non-hydrogen) atoms. The standard InChI is InChI=1S/C19H20N4O3/c1-12-6-8-15(9-7-12)23-14(3)18(13(2)22-23)21-17(24)11-26-19(25)16-5-4-10-20-16/h4-10,20H,11H2,1-3H3,(H,21,24). The summed E-state index contributed by atoms with van der Waals surface area (Å²) in [5, 5.41) is 7.26. The second-order valence-electron chi connectivity index (χ2n) is 6.00. The minimum absolute atomic E-state index is 0.303. The van der Waals surface area contributed by atoms with E-state index in [1.165, 1.54) is 0 Å². The second-order valence-corrected chi connectivity index (χ2v) is 6.00. The molecule has 1 amide bonds. The maximum atomic E-state index is 12.1. The minimum atomic E-state index is -0.575. The van der Waals surface area contributed by atoms with Gasteiger partial charge in [-0.15, -0.1) is 0 Å². The minimum Gasteiger partial charge on any atom is -0.451 e. The number of H-pyrrole nitrogens is 1. The predicted octanol–water partition coefficient (Wildman–Crippen LogP) is 2.92. The molecule has 2 aromatic heterocycles. The first kappa shape index (κ1) is 17.5. The lowest BCUT2D eigenvalue weighted by Gasteiger charge is -2.08. The third kappa shape index (κ3) is 3.66. The molecule has 134 valence electrons. The molecule has 7 heteroatoms. The Bertz CT molecular complexity index is 925. The molecule has 0 bridgehead atoms. The van der Waals surface area contributed by atoms with Crippen LogP contribution < -0.4 is 5.32 Å². The van der Waals surface area contributed by atoms with Crippen LogP contribution in [0.4, 0.5) is 5.69 Å². The van der Waals surface area contributed by atoms with E-state index >= 15 is 0 Å². The number of hydrogen-bond acceptors (Lipinski definition) is 4. The van der Waals surface area contributed by atoms with Crippen LogP contribution in [-0.2, 0) is 9.53 Å². The summed E-state index contributed by atoms with van der Waals surface area (Å²) in [5.41, 5.74) is 4.48. The van der Waals surface area contributed by atoms with Gasteiger partial charge in [0.1, 0.15) is 5.69 Å². The van der Waals surface area contributed by atoms with Gasteiger partial charge in [-0.1, -0.05) is 17.7 Å². The maximum absolute atomic E-state index is 12.1. The Balaban J connectivity index is 1.68. The molecule has 0 aliphatic rings. The van der Waals surface area contributed by atoms with Crippen molar-refractivity contribution in [3.8, 4) is 5.69 Å². The number of carbonyl (C=O) groups excluding carboxylic acids is 2. The zero-order chi connectivity index (χ0) is 18.7. The van der Waals surface area contributed by atoms with Crippen molar-refractivity contribution >= 4 is 17.6 Å². The number of amides is 1. The topological polar surface area (TPSA) is 89.0 Å². The average Bonchev–Trinajstić information content (AvgIpc) is 3.25. The van der Waals surface area contributed by atoms with E-state index in [1.807, 2.05) is 45.0 Å². The molecule has 7 nitrogen and oxygen atoms in total. The highest BCUT2D eigenvalue weighted by molar-refractivity contribution is 5.95. The summed E-state index contributed by atoms with van der Waals surface area (Å²) in [6.45, 7) is 5.34. The number of aryl methyl sites for hydroxylation is 2. The second kappa shape index (κ2) is 7.26. The summed E-state index contributed by atoms with van der Waals surface area (Å²) < 4.78 is 6.77. The molecule has 3 rings (SSSR count). The van der Waals surface area contributed by atoms with Gasteiger partial charge in [-0.3, -0.25) is 4.79 Å². The highest BCUT2D eigenvalue weighted by Gasteiger charge is 2.17. The van der Waals surface area contributed by atoms with Gasteiger partial charge in [-0.25, -0.2) is 9.48 Å². The van der Waals surface area contributed by atoms with Gasteiger partial charge < -0.3 is 15.0 Å². The Kier molecular flexibility index (Phi) is 4.88. The molecule has 0 aliphatic carbocycles. The van der Waals surface area contributed by atoms with Gasteiger partial charge in [-0.2, -0.15) is 5.10 Å². The SMILES string of the molecule is Cc1ccc(-n2nc(C)c(NC(=O)COC(=O)c3ccc[nH]3)c2C)cc1. The number of nitrogens with zero attached hydrogens (tertiary/aromatic N) is 2. The van der Waals surface area contributed by atoms with Crippen LogP contribution in [0.3, 0.4) is 0 Å². The molecular weight excluding hydrogens is 332 g/mol. The third-order valence-corrected chi connectivity index (χ3v) is 3.99. The molecule has 0 saturated carbocycles. The number of esters is 1. The van der Waals surface area contributed by atoms with E-state index in [1.54, 1.807) is 23.0 Å². The molecule has 2 heterocycles. The number of nitrogens with one attached hydrogen (secondary N) is 2. The van der Waals surface area contributed by atoms with Gasteiger partial charge in [0.25, 0.3) is 5.91 Å². The zero-order valence-corrected chi connectivity index (χ0v) is 14.9. The Morgan fingerprint density at radius 1 is 1.15 bits per heavy atom. The van der Waals surface area contributed by atoms with Crippen molar-refractivity contribution in [1.82, 2.24) is 14.8 Å². The number of hydrogen-bond donors (Lipinski definition) is 2. The number of carbonyl (C=O) groups is 2. The van der Waals surface area contributed by atoms with Crippen molar-refractivity contribution in [3.05, 3.63) is 65.2 Å². The Labute approximate surface area is 151 Å². The molecule has 2 N–H and O–H groups in total. The zero-order valence-electron chi connectivity index (χ0n) is 14.9. The summed E-state index contributed by atoms with van der Waals surface area (Å²) in [4.78, 5) is 26.6. The van der Waals surface area contributed by atoms with Gasteiger partial charge in [0, 0.05) is 6.20 Å². The average molecular weight is 352 g/mol. The normalized spacial score (nSPS) is 10.6. The van der Waals surface area contributed by atoms with Crippen LogP contribution in [0.15, 0.2) is 42.6 Å². The maximum Gasteiger partial charge on any atom is 0.355 e. The highest BCUT2D eigenvalue weighted by atomic mass is 16.5. The number of benzene rings is 1. The third-order valence-electron chi connectivity index (χ3n) is 3.99. The lowest BCUT2D eigenvalue weighted by molar-refractivity contribution is -0.119. The van der Waals surface area contributed by atoms with Gasteiger partial charge >= 0.3 is 5.97 Å². The number of anilines is 1. The Morgan fingerprint density at radius 3 is 2.54 bits per heavy atom. The Morgan fingerprint density at radius 2 is 1.88 bits per heavy atom. The number of aromatic amines is 1. The van der Waals surface area contributed by atoms with E-state index in [9.17, 15) is 9.59 Å². The fourth-order valence-corrected chi connectivity index (χ4v) is 2.60. The van der Waals surface area contributed by atoms with E-state index in [-0.39, 0.29) is 6.61 Å². The van der Waals surface area contributed by atoms with E-state index in [2.05, 4.69) is 15.4 Å². The first-order chi connectivity index (χ1) is 12.5. The molecule has 3 aromatic rings. The monoisotopic (exact) mass is 352 g/mol. The largest absolute Gasteiger partial charge is 0.451 e. The summed E-state index contributed by atoms with van der Waals surface area (Å²) in [5.74, 6) is -0.992. The first-order valence-electron chi connectivity index (χ1n) is 8.19. The van der Waals surface area contributed by atoms with E-state index < -0.39 is 11.9 Å². The summed E-state index contributed by atoms with van der Waals surface area (Å²) in [6, 6.07) is 11.2. The van der Waals surface area contributed by atoms with Crippen LogP contribution in [0.25, 0.3) is 5.69 Å². The van der Waals surface area contributed by atoms with Crippen molar-refractivity contribution < 1.29 is 14.3 Å². The van der Waals surface area contributed by atoms with Crippen LogP contribution in [0, 0.1) is 20.8 Å². The van der Waals surface area contributed by atoms with Crippen LogP contribution >= 0.6 is 0 Å². The molecule has 0 fully saturated rings. The van der Waals surface area contributed by atoms with Gasteiger partial charge in [0.05, 0.1) is 22.8 Å². The lowest BCUT2D eigenvalue weighted by Crippen LogP contribution is -2.21. The summed E-state index contributed by atoms with van der Waals surface area (Å²) in [7, 11) is 0. The van der Waals surface area contributed by atoms with Crippen molar-refractivity contribution in [2.45, 2.75) is 20.8 Å². The fraction of sp³-hybridized carbons (Fsp3) is 0.211. The smallest absolute Gasteiger partial charge is 0.355 e. The lowest BCUT2D eigenvalue weighted by atomic mass is 10.2. The number of aromatic nitrogens is 3. The molecule has 0 atom stereocenters. The molecular formula is C19H20N4O3. The summed E-state index contributed by atoms with van der Waals surface area (Å²) in [6.07, 6.45) is 1.61. The molecule has 0 saturated heterocycles. The predicted molar refractivity (Wildman–Crippen MR) is 97.5 cm³/mol. The fourth-order valence-electron chi connectivity index (χ4n) is 2.60. The van der Waals surface area contributed by atoms with Crippen molar-refractivity contribution in [2.75, 3.05) is 11.9 Å². The van der Waals surface area contributed by atoms with Crippen molar-refractivity contribution in [2.24, 2.45) is 0 Å². The van der Waals surface area contributed by atoms with Crippen molar-refractivity contribution in [3.63, 3.8) is 0 Å². The molecule has 1 aromatic carbocycles. The summed E-state index contributed by atoms with van der Waals surface area (Å²) >= 11 is 0. The van der Waals surface area contributed by atoms with Crippen LogP contribution in [0.2, 0.25) is 0 Å². The van der Waals surface area contributed by atoms with Gasteiger partial charge in [0.15, 0.2) is 6.61 Å². The van der Waals surface area contributed by atoms with Crippen LogP contribution in [0.5, 0.6) is 0 Å². The van der Waals surface area contributed by atoms with Gasteiger partial charge in [-0.05, 0) is 45.0 Å². The molecule has 0 unspecified atom stereocenters. The highest BCUT2D eigenvalue weighted by Crippen LogP contribution is 2.23. The van der Waals surface area contributed by atoms with E-state index in [0.29, 0.717) is 17.1 Å². The van der Waals surface area contributed by atoms with Gasteiger partial charge in [0.2, 0.25) is 0 Å². The number of rotatable bonds is 5. The molecule has 0 aliphatic heterocycles.